The van der Waals surface area contributed by atoms with Crippen LogP contribution in [-0.4, -0.2) is 16.3 Å². The molecule has 4 rings (SSSR count). The van der Waals surface area contributed by atoms with Gasteiger partial charge in [0.15, 0.2) is 5.58 Å². The zero-order chi connectivity index (χ0) is 19.8. The molecule has 28 heavy (non-hydrogen) atoms. The number of nitrogens with zero attached hydrogens (tertiary/aromatic N) is 2. The molecule has 0 fully saturated rings. The number of aliphatic imine (C=N–C) groups is 1. The summed E-state index contributed by atoms with van der Waals surface area (Å²) in [6.45, 7) is 0. The molecule has 0 unspecified atom stereocenters. The summed E-state index contributed by atoms with van der Waals surface area (Å²) in [7, 11) is 0. The van der Waals surface area contributed by atoms with Crippen LogP contribution in [0.15, 0.2) is 57.9 Å². The molecule has 4 aromatic rings. The van der Waals surface area contributed by atoms with Crippen molar-refractivity contribution in [2.45, 2.75) is 0 Å². The Balaban J connectivity index is 1.70. The van der Waals surface area contributed by atoms with E-state index in [9.17, 15) is 5.11 Å². The minimum absolute atomic E-state index is 0.213. The van der Waals surface area contributed by atoms with Gasteiger partial charge in [-0.2, -0.15) is 0 Å². The fourth-order valence-electron chi connectivity index (χ4n) is 2.61. The van der Waals surface area contributed by atoms with Crippen molar-refractivity contribution in [2.24, 2.45) is 4.99 Å². The number of hydrogen-bond donors (Lipinski definition) is 1. The van der Waals surface area contributed by atoms with Gasteiger partial charge in [-0.3, -0.25) is 4.99 Å². The lowest BCUT2D eigenvalue weighted by Gasteiger charge is -2.02. The van der Waals surface area contributed by atoms with E-state index in [1.165, 1.54) is 0 Å². The van der Waals surface area contributed by atoms with Crippen molar-refractivity contribution in [1.29, 1.82) is 0 Å². The first kappa shape index (κ1) is 19.9. The Labute approximate surface area is 197 Å². The molecule has 0 aliphatic carbocycles. The van der Waals surface area contributed by atoms with Crippen molar-refractivity contribution in [2.75, 3.05) is 0 Å². The van der Waals surface area contributed by atoms with E-state index in [0.29, 0.717) is 43.9 Å². The van der Waals surface area contributed by atoms with Crippen molar-refractivity contribution >= 4 is 91.4 Å². The summed E-state index contributed by atoms with van der Waals surface area (Å²) in [5.41, 5.74) is 3.26. The molecule has 0 saturated carbocycles. The summed E-state index contributed by atoms with van der Waals surface area (Å²) < 4.78 is 7.61. The molecule has 0 bridgehead atoms. The zero-order valence-corrected chi connectivity index (χ0v) is 19.8. The second kappa shape index (κ2) is 8.17. The van der Waals surface area contributed by atoms with E-state index >= 15 is 0 Å². The number of phenols is 1. The summed E-state index contributed by atoms with van der Waals surface area (Å²) in [4.78, 5) is 8.97. The largest absolute Gasteiger partial charge is 0.506 e. The second-order valence-corrected chi connectivity index (χ2v) is 9.05. The average Bonchev–Trinajstić information content (AvgIpc) is 3.08. The number of aromatic nitrogens is 1. The molecule has 1 aromatic heterocycles. The number of phenolic OH excluding ortho intramolecular Hbond substituents is 1. The first-order valence-corrected chi connectivity index (χ1v) is 10.9. The third-order valence-electron chi connectivity index (χ3n) is 3.96. The predicted octanol–water partition coefficient (Wildman–Crippen LogP) is 7.47. The summed E-state index contributed by atoms with van der Waals surface area (Å²) in [5, 5.41) is 11.0. The molecule has 0 saturated heterocycles. The quantitative estimate of drug-likeness (QED) is 0.188. The maximum absolute atomic E-state index is 10.2. The SMILES string of the molecule is Oc1c(I)cc(I)cc1C=Nc1ccc2oc(-c3cccc(Cl)c3Cl)nc2c1. The average molecular weight is 635 g/mol. The van der Waals surface area contributed by atoms with E-state index in [1.54, 1.807) is 30.5 Å². The lowest BCUT2D eigenvalue weighted by Crippen LogP contribution is -1.87. The molecule has 8 heteroatoms. The molecular weight excluding hydrogens is 625 g/mol. The lowest BCUT2D eigenvalue weighted by molar-refractivity contribution is 0.470. The molecule has 0 aliphatic heterocycles. The van der Waals surface area contributed by atoms with Crippen LogP contribution in [0.3, 0.4) is 0 Å². The minimum Gasteiger partial charge on any atom is -0.506 e. The van der Waals surface area contributed by atoms with E-state index in [4.69, 9.17) is 27.6 Å². The number of oxazole rings is 1. The third kappa shape index (κ3) is 4.00. The molecule has 0 aliphatic rings. The van der Waals surface area contributed by atoms with Gasteiger partial charge in [0.25, 0.3) is 0 Å². The smallest absolute Gasteiger partial charge is 0.228 e. The van der Waals surface area contributed by atoms with Gasteiger partial charge in [0, 0.05) is 15.3 Å². The number of halogens is 4. The van der Waals surface area contributed by atoms with Crippen LogP contribution in [0.2, 0.25) is 10.0 Å². The van der Waals surface area contributed by atoms with Crippen LogP contribution in [0.1, 0.15) is 5.56 Å². The van der Waals surface area contributed by atoms with Gasteiger partial charge in [-0.1, -0.05) is 29.3 Å². The van der Waals surface area contributed by atoms with E-state index in [-0.39, 0.29) is 5.75 Å². The third-order valence-corrected chi connectivity index (χ3v) is 6.23. The fourth-order valence-corrected chi connectivity index (χ4v) is 4.88. The Bertz CT molecular complexity index is 1240. The zero-order valence-electron chi connectivity index (χ0n) is 14.0. The first-order chi connectivity index (χ1) is 13.4. The highest BCUT2D eigenvalue weighted by Gasteiger charge is 2.14. The molecule has 0 atom stereocenters. The topological polar surface area (TPSA) is 58.6 Å². The van der Waals surface area contributed by atoms with Gasteiger partial charge >= 0.3 is 0 Å². The van der Waals surface area contributed by atoms with E-state index in [1.807, 2.05) is 24.3 Å². The molecular formula is C20H10Cl2I2N2O2. The van der Waals surface area contributed by atoms with Crippen LogP contribution in [-0.2, 0) is 0 Å². The van der Waals surface area contributed by atoms with Crippen LogP contribution in [0.4, 0.5) is 5.69 Å². The Morgan fingerprint density at radius 2 is 1.89 bits per heavy atom. The van der Waals surface area contributed by atoms with Gasteiger partial charge in [0.1, 0.15) is 11.3 Å². The molecule has 3 aromatic carbocycles. The van der Waals surface area contributed by atoms with E-state index in [0.717, 1.165) is 7.14 Å². The van der Waals surface area contributed by atoms with Gasteiger partial charge in [-0.15, -0.1) is 0 Å². The summed E-state index contributed by atoms with van der Waals surface area (Å²) in [6, 6.07) is 14.5. The normalized spacial score (nSPS) is 11.6. The maximum atomic E-state index is 10.2. The van der Waals surface area contributed by atoms with E-state index in [2.05, 4.69) is 55.2 Å². The monoisotopic (exact) mass is 634 g/mol. The number of aromatic hydroxyl groups is 1. The molecule has 0 radical (unpaired) electrons. The summed E-state index contributed by atoms with van der Waals surface area (Å²) in [5.74, 6) is 0.610. The van der Waals surface area contributed by atoms with Crippen molar-refractivity contribution in [3.63, 3.8) is 0 Å². The van der Waals surface area contributed by atoms with Crippen LogP contribution in [0.25, 0.3) is 22.6 Å². The Kier molecular flexibility index (Phi) is 5.82. The summed E-state index contributed by atoms with van der Waals surface area (Å²) >= 11 is 16.6. The first-order valence-electron chi connectivity index (χ1n) is 7.99. The van der Waals surface area contributed by atoms with Gasteiger partial charge in [-0.05, 0) is 87.6 Å². The minimum atomic E-state index is 0.213. The maximum Gasteiger partial charge on any atom is 0.228 e. The second-order valence-electron chi connectivity index (χ2n) is 5.86. The Hall–Kier alpha value is -1.36. The molecule has 0 spiro atoms. The molecule has 1 heterocycles. The van der Waals surface area contributed by atoms with Crippen molar-refractivity contribution < 1.29 is 9.52 Å². The van der Waals surface area contributed by atoms with Crippen molar-refractivity contribution in [3.8, 4) is 17.2 Å². The van der Waals surface area contributed by atoms with Crippen LogP contribution in [0.5, 0.6) is 5.75 Å². The molecule has 0 amide bonds. The number of rotatable bonds is 3. The van der Waals surface area contributed by atoms with Gasteiger partial charge in [-0.25, -0.2) is 4.98 Å². The van der Waals surface area contributed by atoms with Gasteiger partial charge in [0.2, 0.25) is 5.89 Å². The Morgan fingerprint density at radius 3 is 2.71 bits per heavy atom. The van der Waals surface area contributed by atoms with Crippen molar-refractivity contribution in [1.82, 2.24) is 4.98 Å². The lowest BCUT2D eigenvalue weighted by atomic mass is 10.2. The summed E-state index contributed by atoms with van der Waals surface area (Å²) in [6.07, 6.45) is 1.63. The number of fused-ring (bicyclic) bond motifs is 1. The van der Waals surface area contributed by atoms with Crippen molar-refractivity contribution in [3.05, 3.63) is 71.3 Å². The van der Waals surface area contributed by atoms with Crippen LogP contribution in [0, 0.1) is 7.14 Å². The van der Waals surface area contributed by atoms with Gasteiger partial charge in [0.05, 0.1) is 24.9 Å². The highest BCUT2D eigenvalue weighted by atomic mass is 127. The van der Waals surface area contributed by atoms with E-state index < -0.39 is 0 Å². The predicted molar refractivity (Wildman–Crippen MR) is 130 cm³/mol. The Morgan fingerprint density at radius 1 is 1.07 bits per heavy atom. The highest BCUT2D eigenvalue weighted by Crippen LogP contribution is 2.35. The highest BCUT2D eigenvalue weighted by molar-refractivity contribution is 14.1. The molecule has 140 valence electrons. The van der Waals surface area contributed by atoms with Gasteiger partial charge < -0.3 is 9.52 Å². The molecule has 1 N–H and O–H groups in total. The van der Waals surface area contributed by atoms with Crippen LogP contribution >= 0.6 is 68.4 Å². The molecule has 4 nitrogen and oxygen atoms in total. The standard InChI is InChI=1S/C20H10Cl2I2N2O2/c21-14-3-1-2-13(18(14)22)20-26-16-8-12(4-5-17(16)28-20)25-9-10-6-11(23)7-15(24)19(10)27/h1-9,27H. The number of benzene rings is 3. The fraction of sp³-hybridized carbons (Fsp3) is 0. The van der Waals surface area contributed by atoms with Crippen LogP contribution < -0.4 is 0 Å². The number of hydrogen-bond acceptors (Lipinski definition) is 4.